The molecule has 0 aromatic heterocycles. The molecule has 3 rings (SSSR count). The van der Waals surface area contributed by atoms with Gasteiger partial charge in [0.15, 0.2) is 0 Å². The third-order valence-electron chi connectivity index (χ3n) is 4.86. The Labute approximate surface area is 165 Å². The van der Waals surface area contributed by atoms with E-state index in [0.717, 1.165) is 30.1 Å². The lowest BCUT2D eigenvalue weighted by Gasteiger charge is -2.36. The Kier molecular flexibility index (Phi) is 6.52. The van der Waals surface area contributed by atoms with E-state index in [2.05, 4.69) is 4.90 Å². The third-order valence-corrected chi connectivity index (χ3v) is 4.86. The number of hydrogen-bond donors (Lipinski definition) is 0. The molecule has 0 N–H and O–H groups in total. The van der Waals surface area contributed by atoms with Crippen molar-refractivity contribution < 1.29 is 18.7 Å². The van der Waals surface area contributed by atoms with Gasteiger partial charge < -0.3 is 19.3 Å². The zero-order chi connectivity index (χ0) is 20.1. The highest BCUT2D eigenvalue weighted by Crippen LogP contribution is 2.23. The molecule has 150 valence electrons. The Morgan fingerprint density at radius 1 is 1.07 bits per heavy atom. The van der Waals surface area contributed by atoms with Crippen LogP contribution in [-0.4, -0.2) is 50.2 Å². The maximum atomic E-state index is 13.1. The number of carbonyl (C=O) groups excluding carboxylic acids is 1. The van der Waals surface area contributed by atoms with Crippen molar-refractivity contribution >= 4 is 11.6 Å². The van der Waals surface area contributed by atoms with Gasteiger partial charge in [0.05, 0.1) is 19.8 Å². The van der Waals surface area contributed by atoms with Crippen LogP contribution in [0.25, 0.3) is 0 Å². The normalized spacial score (nSPS) is 14.5. The molecule has 0 radical (unpaired) electrons. The predicted octanol–water partition coefficient (Wildman–Crippen LogP) is 3.72. The second-order valence-corrected chi connectivity index (χ2v) is 7.14. The fourth-order valence-corrected chi connectivity index (χ4v) is 3.28. The van der Waals surface area contributed by atoms with Gasteiger partial charge in [0.1, 0.15) is 11.6 Å². The summed E-state index contributed by atoms with van der Waals surface area (Å²) in [6, 6.07) is 12.0. The van der Waals surface area contributed by atoms with E-state index in [-0.39, 0.29) is 17.8 Å². The molecule has 5 nitrogen and oxygen atoms in total. The van der Waals surface area contributed by atoms with Crippen molar-refractivity contribution in [2.45, 2.75) is 26.6 Å². The molecule has 2 aromatic rings. The Bertz CT molecular complexity index is 800. The van der Waals surface area contributed by atoms with Gasteiger partial charge in [0, 0.05) is 43.0 Å². The number of ether oxygens (including phenoxy) is 2. The predicted molar refractivity (Wildman–Crippen MR) is 107 cm³/mol. The van der Waals surface area contributed by atoms with Crippen LogP contribution in [0, 0.1) is 5.82 Å². The van der Waals surface area contributed by atoms with E-state index in [4.69, 9.17) is 9.47 Å². The Morgan fingerprint density at radius 3 is 2.36 bits per heavy atom. The molecule has 1 aliphatic heterocycles. The van der Waals surface area contributed by atoms with Crippen molar-refractivity contribution in [2.24, 2.45) is 0 Å². The molecule has 1 aliphatic rings. The number of hydrogen-bond acceptors (Lipinski definition) is 4. The number of anilines is 1. The summed E-state index contributed by atoms with van der Waals surface area (Å²) in [5.41, 5.74) is 2.48. The zero-order valence-electron chi connectivity index (χ0n) is 16.7. The van der Waals surface area contributed by atoms with Crippen LogP contribution in [0.15, 0.2) is 42.5 Å². The average Bonchev–Trinajstić information content (AvgIpc) is 2.72. The monoisotopic (exact) mass is 386 g/mol. The number of halogens is 1. The second-order valence-electron chi connectivity index (χ2n) is 7.14. The molecule has 0 bridgehead atoms. The number of nitrogens with zero attached hydrogens (tertiary/aromatic N) is 2. The van der Waals surface area contributed by atoms with Crippen LogP contribution < -0.4 is 9.64 Å². The van der Waals surface area contributed by atoms with Gasteiger partial charge in [0.25, 0.3) is 5.91 Å². The van der Waals surface area contributed by atoms with Crippen LogP contribution >= 0.6 is 0 Å². The van der Waals surface area contributed by atoms with Crippen LogP contribution in [0.5, 0.6) is 5.75 Å². The molecule has 1 amide bonds. The summed E-state index contributed by atoms with van der Waals surface area (Å²) in [5.74, 6) is 0.486. The first-order valence-electron chi connectivity index (χ1n) is 9.56. The van der Waals surface area contributed by atoms with E-state index in [1.54, 1.807) is 25.3 Å². The summed E-state index contributed by atoms with van der Waals surface area (Å²) < 4.78 is 24.2. The van der Waals surface area contributed by atoms with E-state index >= 15 is 0 Å². The molecule has 0 unspecified atom stereocenters. The smallest absolute Gasteiger partial charge is 0.253 e. The molecule has 0 spiro atoms. The van der Waals surface area contributed by atoms with Gasteiger partial charge in [-0.25, -0.2) is 4.39 Å². The topological polar surface area (TPSA) is 42.0 Å². The van der Waals surface area contributed by atoms with Crippen molar-refractivity contribution in [3.63, 3.8) is 0 Å². The van der Waals surface area contributed by atoms with E-state index in [1.165, 1.54) is 12.1 Å². The largest absolute Gasteiger partial charge is 0.496 e. The fourth-order valence-electron chi connectivity index (χ4n) is 3.28. The zero-order valence-corrected chi connectivity index (χ0v) is 16.7. The van der Waals surface area contributed by atoms with Gasteiger partial charge in [0.2, 0.25) is 0 Å². The summed E-state index contributed by atoms with van der Waals surface area (Å²) in [6.07, 6.45) is 0.101. The van der Waals surface area contributed by atoms with Crippen LogP contribution in [0.2, 0.25) is 0 Å². The van der Waals surface area contributed by atoms with Crippen LogP contribution in [-0.2, 0) is 11.3 Å². The van der Waals surface area contributed by atoms with Crippen LogP contribution in [0.1, 0.15) is 29.8 Å². The average molecular weight is 386 g/mol. The molecular formula is C22H27FN2O3. The highest BCUT2D eigenvalue weighted by molar-refractivity contribution is 5.94. The molecule has 1 saturated heterocycles. The minimum absolute atomic E-state index is 0.00667. The first kappa shape index (κ1) is 20.1. The number of rotatable bonds is 6. The highest BCUT2D eigenvalue weighted by Gasteiger charge is 2.23. The standard InChI is InChI=1S/C22H27FN2O3/c1-16(2)28-15-18-14-17(4-9-21(18)27-3)22(26)25-12-10-24(11-13-25)20-7-5-19(23)6-8-20/h4-9,14,16H,10-13,15H2,1-3H3. The Morgan fingerprint density at radius 2 is 1.75 bits per heavy atom. The van der Waals surface area contributed by atoms with Crippen molar-refractivity contribution in [2.75, 3.05) is 38.2 Å². The summed E-state index contributed by atoms with van der Waals surface area (Å²) >= 11 is 0. The van der Waals surface area contributed by atoms with Crippen molar-refractivity contribution in [3.8, 4) is 5.75 Å². The minimum atomic E-state index is -0.241. The lowest BCUT2D eigenvalue weighted by atomic mass is 10.1. The van der Waals surface area contributed by atoms with Gasteiger partial charge in [-0.2, -0.15) is 0 Å². The number of benzene rings is 2. The molecular weight excluding hydrogens is 359 g/mol. The number of amides is 1. The van der Waals surface area contributed by atoms with Crippen molar-refractivity contribution in [3.05, 3.63) is 59.4 Å². The Hall–Kier alpha value is -2.60. The van der Waals surface area contributed by atoms with Gasteiger partial charge in [-0.05, 0) is 56.3 Å². The fraction of sp³-hybridized carbons (Fsp3) is 0.409. The first-order chi connectivity index (χ1) is 13.5. The third kappa shape index (κ3) is 4.81. The summed E-state index contributed by atoms with van der Waals surface area (Å²) in [4.78, 5) is 17.0. The van der Waals surface area contributed by atoms with E-state index in [1.807, 2.05) is 30.9 Å². The molecule has 1 fully saturated rings. The van der Waals surface area contributed by atoms with Gasteiger partial charge in [-0.1, -0.05) is 0 Å². The second kappa shape index (κ2) is 9.06. The van der Waals surface area contributed by atoms with Crippen molar-refractivity contribution in [1.82, 2.24) is 4.90 Å². The number of methoxy groups -OCH3 is 1. The van der Waals surface area contributed by atoms with Gasteiger partial charge in [-0.3, -0.25) is 4.79 Å². The number of carbonyl (C=O) groups is 1. The quantitative estimate of drug-likeness (QED) is 0.759. The molecule has 0 saturated carbocycles. The molecule has 0 aliphatic carbocycles. The summed E-state index contributed by atoms with van der Waals surface area (Å²) in [6.45, 7) is 7.04. The molecule has 1 heterocycles. The molecule has 6 heteroatoms. The maximum Gasteiger partial charge on any atom is 0.253 e. The molecule has 28 heavy (non-hydrogen) atoms. The summed E-state index contributed by atoms with van der Waals surface area (Å²) in [5, 5.41) is 0. The van der Waals surface area contributed by atoms with E-state index < -0.39 is 0 Å². The summed E-state index contributed by atoms with van der Waals surface area (Å²) in [7, 11) is 1.62. The van der Waals surface area contributed by atoms with E-state index in [0.29, 0.717) is 25.3 Å². The van der Waals surface area contributed by atoms with E-state index in [9.17, 15) is 9.18 Å². The first-order valence-corrected chi connectivity index (χ1v) is 9.56. The maximum absolute atomic E-state index is 13.1. The highest BCUT2D eigenvalue weighted by atomic mass is 19.1. The molecule has 0 atom stereocenters. The van der Waals surface area contributed by atoms with Gasteiger partial charge >= 0.3 is 0 Å². The van der Waals surface area contributed by atoms with Crippen LogP contribution in [0.3, 0.4) is 0 Å². The number of piperazine rings is 1. The Balaban J connectivity index is 1.65. The molecule has 2 aromatic carbocycles. The minimum Gasteiger partial charge on any atom is -0.496 e. The lowest BCUT2D eigenvalue weighted by molar-refractivity contribution is 0.0642. The van der Waals surface area contributed by atoms with Gasteiger partial charge in [-0.15, -0.1) is 0 Å². The van der Waals surface area contributed by atoms with Crippen LogP contribution in [0.4, 0.5) is 10.1 Å². The van der Waals surface area contributed by atoms with Crippen molar-refractivity contribution in [1.29, 1.82) is 0 Å². The lowest BCUT2D eigenvalue weighted by Crippen LogP contribution is -2.48. The SMILES string of the molecule is COc1ccc(C(=O)N2CCN(c3ccc(F)cc3)CC2)cc1COC(C)C.